The molecular weight excluding hydrogens is 569 g/mol. The van der Waals surface area contributed by atoms with Crippen LogP contribution < -0.4 is 10.2 Å². The zero-order valence-electron chi connectivity index (χ0n) is 23.8. The zero-order valence-corrected chi connectivity index (χ0v) is 23.8. The molecule has 2 amide bonds. The fourth-order valence-corrected chi connectivity index (χ4v) is 5.41. The summed E-state index contributed by atoms with van der Waals surface area (Å²) in [6, 6.07) is 14.1. The van der Waals surface area contributed by atoms with Gasteiger partial charge in [0.15, 0.2) is 5.82 Å². The van der Waals surface area contributed by atoms with E-state index in [0.29, 0.717) is 68.1 Å². The number of piperidine rings is 1. The Morgan fingerprint density at radius 2 is 1.84 bits per heavy atom. The minimum atomic E-state index is -0.684. The first-order valence-corrected chi connectivity index (χ1v) is 14.3. The lowest BCUT2D eigenvalue weighted by molar-refractivity contribution is 0.0941. The lowest BCUT2D eigenvalue weighted by Gasteiger charge is -2.35. The van der Waals surface area contributed by atoms with Crippen molar-refractivity contribution < 1.29 is 23.5 Å². The number of rotatable bonds is 6. The van der Waals surface area contributed by atoms with Gasteiger partial charge in [-0.15, -0.1) is 5.26 Å². The van der Waals surface area contributed by atoms with Crippen molar-refractivity contribution in [3.63, 3.8) is 0 Å². The number of aromatic nitrogens is 4. The van der Waals surface area contributed by atoms with E-state index in [1.54, 1.807) is 21.6 Å². The predicted octanol–water partition coefficient (Wildman–Crippen LogP) is 3.88. The van der Waals surface area contributed by atoms with Crippen molar-refractivity contribution in [2.75, 3.05) is 49.5 Å². The molecule has 1 N–H and O–H groups in total. The standard InChI is InChI=1S/C30H30FN9O4/c31-22-8-9-26-33-16-24(40(26)17-22)28-35-25(34-23-7-4-10-39(18-23)30(42)44-20-32)15-27(36-28)37-11-13-38(14-12-37)29(41)43-19-21-5-2-1-3-6-21/h1-3,5-6,8-9,15-17,23H,4,7,10-14,18-19H2,(H,34,35,36)/t23-/m1/s1. The molecule has 226 valence electrons. The van der Waals surface area contributed by atoms with E-state index < -0.39 is 11.9 Å². The number of likely N-dealkylation sites (tertiary alicyclic amines) is 1. The quantitative estimate of drug-likeness (QED) is 0.325. The molecule has 4 aromatic rings. The summed E-state index contributed by atoms with van der Waals surface area (Å²) in [6.07, 6.45) is 4.80. The van der Waals surface area contributed by atoms with Crippen molar-refractivity contribution in [3.8, 4) is 17.8 Å². The Kier molecular flexibility index (Phi) is 8.35. The summed E-state index contributed by atoms with van der Waals surface area (Å²) < 4.78 is 25.8. The maximum Gasteiger partial charge on any atom is 0.425 e. The smallest absolute Gasteiger partial charge is 0.425 e. The van der Waals surface area contributed by atoms with E-state index in [4.69, 9.17) is 20.0 Å². The molecule has 44 heavy (non-hydrogen) atoms. The van der Waals surface area contributed by atoms with E-state index in [-0.39, 0.29) is 18.7 Å². The van der Waals surface area contributed by atoms with Crippen molar-refractivity contribution in [2.24, 2.45) is 0 Å². The Hall–Kier alpha value is -5.45. The van der Waals surface area contributed by atoms with Crippen LogP contribution in [0.2, 0.25) is 0 Å². The van der Waals surface area contributed by atoms with Gasteiger partial charge in [0.2, 0.25) is 0 Å². The normalized spacial score (nSPS) is 16.8. The molecule has 2 aliphatic rings. The van der Waals surface area contributed by atoms with Gasteiger partial charge in [-0.25, -0.2) is 28.9 Å². The fourth-order valence-electron chi connectivity index (χ4n) is 5.41. The van der Waals surface area contributed by atoms with Gasteiger partial charge in [-0.05, 0) is 30.5 Å². The number of fused-ring (bicyclic) bond motifs is 1. The maximum atomic E-state index is 14.2. The molecule has 0 bridgehead atoms. The molecule has 2 saturated heterocycles. The van der Waals surface area contributed by atoms with E-state index in [2.05, 4.69) is 19.9 Å². The van der Waals surface area contributed by atoms with E-state index in [1.807, 2.05) is 36.4 Å². The molecule has 14 heteroatoms. The van der Waals surface area contributed by atoms with Crippen LogP contribution in [-0.2, 0) is 16.1 Å². The molecule has 0 aliphatic carbocycles. The van der Waals surface area contributed by atoms with E-state index >= 15 is 0 Å². The third-order valence-electron chi connectivity index (χ3n) is 7.64. The van der Waals surface area contributed by atoms with E-state index in [9.17, 15) is 14.0 Å². The number of nitrogens with zero attached hydrogens (tertiary/aromatic N) is 8. The topological polar surface area (TPSA) is 141 Å². The summed E-state index contributed by atoms with van der Waals surface area (Å²) in [5, 5.41) is 12.2. The Balaban J connectivity index is 1.21. The van der Waals surface area contributed by atoms with Crippen LogP contribution >= 0.6 is 0 Å². The molecule has 0 spiro atoms. The molecular formula is C30H30FN9O4. The Bertz CT molecular complexity index is 1690. The second-order valence-corrected chi connectivity index (χ2v) is 10.6. The van der Waals surface area contributed by atoms with E-state index in [0.717, 1.165) is 18.4 Å². The Labute approximate surface area is 252 Å². The number of piperazine rings is 1. The van der Waals surface area contributed by atoms with Crippen LogP contribution in [0, 0.1) is 17.3 Å². The largest absolute Gasteiger partial charge is 0.445 e. The predicted molar refractivity (Wildman–Crippen MR) is 157 cm³/mol. The van der Waals surface area contributed by atoms with Gasteiger partial charge < -0.3 is 29.5 Å². The minimum Gasteiger partial charge on any atom is -0.445 e. The van der Waals surface area contributed by atoms with Crippen LogP contribution in [0.1, 0.15) is 18.4 Å². The van der Waals surface area contributed by atoms with Crippen molar-refractivity contribution in [1.82, 2.24) is 29.2 Å². The van der Waals surface area contributed by atoms with Gasteiger partial charge in [0.1, 0.15) is 35.4 Å². The second kappa shape index (κ2) is 12.8. The molecule has 5 heterocycles. The van der Waals surface area contributed by atoms with Crippen molar-refractivity contribution >= 4 is 29.5 Å². The molecule has 0 unspecified atom stereocenters. The van der Waals surface area contributed by atoms with Crippen molar-refractivity contribution in [2.45, 2.75) is 25.5 Å². The zero-order chi connectivity index (χ0) is 30.5. The minimum absolute atomic E-state index is 0.151. The molecule has 1 aromatic carbocycles. The Morgan fingerprint density at radius 3 is 2.64 bits per heavy atom. The van der Waals surface area contributed by atoms with Gasteiger partial charge in [-0.3, -0.25) is 4.40 Å². The third-order valence-corrected chi connectivity index (χ3v) is 7.64. The summed E-state index contributed by atoms with van der Waals surface area (Å²) in [4.78, 5) is 44.0. The first kappa shape index (κ1) is 28.7. The molecule has 2 aliphatic heterocycles. The highest BCUT2D eigenvalue weighted by molar-refractivity contribution is 5.69. The highest BCUT2D eigenvalue weighted by Crippen LogP contribution is 2.26. The molecule has 1 atom stereocenters. The number of hydrogen-bond acceptors (Lipinski definition) is 10. The number of imidazole rings is 1. The number of ether oxygens (including phenoxy) is 2. The van der Waals surface area contributed by atoms with E-state index in [1.165, 1.54) is 23.4 Å². The first-order chi connectivity index (χ1) is 21.5. The molecule has 13 nitrogen and oxygen atoms in total. The second-order valence-electron chi connectivity index (χ2n) is 10.6. The van der Waals surface area contributed by atoms with Crippen LogP contribution in [0.5, 0.6) is 0 Å². The average molecular weight is 600 g/mol. The van der Waals surface area contributed by atoms with Gasteiger partial charge in [-0.1, -0.05) is 30.3 Å². The number of hydrogen-bond donors (Lipinski definition) is 1. The molecule has 3 aromatic heterocycles. The number of anilines is 2. The summed E-state index contributed by atoms with van der Waals surface area (Å²) >= 11 is 0. The Morgan fingerprint density at radius 1 is 1.02 bits per heavy atom. The SMILES string of the molecule is N#COC(=O)N1CCC[C@@H](Nc2cc(N3CCN(C(=O)OCc4ccccc4)CC3)nc(-c3cnc4ccc(F)cn34)n2)C1. The average Bonchev–Trinajstić information content (AvgIpc) is 3.47. The number of carbonyl (C=O) groups is 2. The number of nitrogens with one attached hydrogen (secondary N) is 1. The first-order valence-electron chi connectivity index (χ1n) is 14.3. The lowest BCUT2D eigenvalue weighted by atomic mass is 10.1. The molecule has 0 saturated carbocycles. The fraction of sp³-hybridized carbons (Fsp3) is 0.333. The summed E-state index contributed by atoms with van der Waals surface area (Å²) in [6.45, 7) is 2.93. The van der Waals surface area contributed by atoms with Gasteiger partial charge >= 0.3 is 12.2 Å². The van der Waals surface area contributed by atoms with Crippen molar-refractivity contribution in [3.05, 3.63) is 72.3 Å². The van der Waals surface area contributed by atoms with Crippen LogP contribution in [0.4, 0.5) is 25.6 Å². The monoisotopic (exact) mass is 599 g/mol. The third kappa shape index (κ3) is 6.46. The number of carbonyl (C=O) groups excluding carboxylic acids is 2. The lowest BCUT2D eigenvalue weighted by Crippen LogP contribution is -2.49. The number of amides is 2. The van der Waals surface area contributed by atoms with Gasteiger partial charge in [0.05, 0.1) is 6.20 Å². The molecule has 2 fully saturated rings. The summed E-state index contributed by atoms with van der Waals surface area (Å²) in [5.74, 6) is 1.05. The number of halogens is 1. The van der Waals surface area contributed by atoms with Crippen LogP contribution in [0.25, 0.3) is 17.2 Å². The summed E-state index contributed by atoms with van der Waals surface area (Å²) in [5.41, 5.74) is 1.98. The van der Waals surface area contributed by atoms with Crippen LogP contribution in [-0.4, -0.2) is 86.6 Å². The maximum absolute atomic E-state index is 14.2. The van der Waals surface area contributed by atoms with Crippen LogP contribution in [0.15, 0.2) is 60.9 Å². The van der Waals surface area contributed by atoms with Crippen LogP contribution in [0.3, 0.4) is 0 Å². The number of benzene rings is 1. The molecule has 6 rings (SSSR count). The van der Waals surface area contributed by atoms with Gasteiger partial charge in [0, 0.05) is 57.6 Å². The highest BCUT2D eigenvalue weighted by Gasteiger charge is 2.27. The van der Waals surface area contributed by atoms with Gasteiger partial charge in [0.25, 0.3) is 6.26 Å². The van der Waals surface area contributed by atoms with Gasteiger partial charge in [-0.2, -0.15) is 0 Å². The number of pyridine rings is 1. The highest BCUT2D eigenvalue weighted by atomic mass is 19.1. The van der Waals surface area contributed by atoms with Crippen molar-refractivity contribution in [1.29, 1.82) is 5.26 Å². The number of nitriles is 1. The summed E-state index contributed by atoms with van der Waals surface area (Å²) in [7, 11) is 0. The molecule has 0 radical (unpaired) electrons.